The second-order valence-corrected chi connectivity index (χ2v) is 6.05. The molecule has 0 unspecified atom stereocenters. The van der Waals surface area contributed by atoms with Crippen molar-refractivity contribution in [2.24, 2.45) is 0 Å². The van der Waals surface area contributed by atoms with Crippen molar-refractivity contribution in [2.45, 2.75) is 12.8 Å². The van der Waals surface area contributed by atoms with E-state index in [1.807, 2.05) is 4.90 Å². The Hall–Kier alpha value is -1.78. The fraction of sp³-hybridized carbons (Fsp3) is 0.250. The molecule has 4 nitrogen and oxygen atoms in total. The zero-order valence-corrected chi connectivity index (χ0v) is 13.4. The van der Waals surface area contributed by atoms with Crippen molar-refractivity contribution >= 4 is 40.5 Å². The summed E-state index contributed by atoms with van der Waals surface area (Å²) in [6.45, 7) is 1.63. The highest BCUT2D eigenvalue weighted by atomic mass is 35.5. The number of anilines is 2. The average Bonchev–Trinajstić information content (AvgIpc) is 3.05. The highest BCUT2D eigenvalue weighted by molar-refractivity contribution is 6.35. The molecule has 1 aromatic carbocycles. The Kier molecular flexibility index (Phi) is 4.50. The summed E-state index contributed by atoms with van der Waals surface area (Å²) in [5, 5.41) is 4.29. The molecule has 0 radical (unpaired) electrons. The lowest BCUT2D eigenvalue weighted by Crippen LogP contribution is -2.27. The van der Waals surface area contributed by atoms with Gasteiger partial charge in [0.2, 0.25) is 0 Å². The number of aromatic nitrogens is 1. The van der Waals surface area contributed by atoms with Crippen molar-refractivity contribution in [1.29, 1.82) is 0 Å². The Morgan fingerprint density at radius 2 is 1.91 bits per heavy atom. The Labute approximate surface area is 139 Å². The molecule has 6 heteroatoms. The molecule has 22 heavy (non-hydrogen) atoms. The van der Waals surface area contributed by atoms with Crippen molar-refractivity contribution in [3.63, 3.8) is 0 Å². The van der Waals surface area contributed by atoms with E-state index in [-0.39, 0.29) is 5.91 Å². The normalized spacial score (nSPS) is 14.2. The van der Waals surface area contributed by atoms with Crippen molar-refractivity contribution < 1.29 is 4.79 Å². The number of pyridine rings is 1. The summed E-state index contributed by atoms with van der Waals surface area (Å²) in [4.78, 5) is 18.4. The highest BCUT2D eigenvalue weighted by Gasteiger charge is 2.19. The summed E-state index contributed by atoms with van der Waals surface area (Å²) in [7, 11) is 0. The molecule has 1 aromatic heterocycles. The van der Waals surface area contributed by atoms with Crippen LogP contribution in [0.15, 0.2) is 36.7 Å². The first-order valence-corrected chi connectivity index (χ1v) is 7.85. The number of rotatable bonds is 3. The molecule has 114 valence electrons. The SMILES string of the molecule is O=C(c1cncc(Nc2cc(Cl)ccc2Cl)c1)N1CCCC1. The third-order valence-electron chi connectivity index (χ3n) is 3.59. The third-order valence-corrected chi connectivity index (χ3v) is 4.15. The van der Waals surface area contributed by atoms with Gasteiger partial charge in [0, 0.05) is 24.3 Å². The van der Waals surface area contributed by atoms with E-state index in [2.05, 4.69) is 10.3 Å². The number of carbonyl (C=O) groups is 1. The number of amides is 1. The molecule has 2 aromatic rings. The largest absolute Gasteiger partial charge is 0.353 e. The standard InChI is InChI=1S/C16H15Cl2N3O/c17-12-3-4-14(18)15(8-12)20-13-7-11(9-19-10-13)16(22)21-5-1-2-6-21/h3-4,7-10,20H,1-2,5-6H2. The molecule has 0 spiro atoms. The third kappa shape index (κ3) is 3.34. The van der Waals surface area contributed by atoms with E-state index in [0.29, 0.717) is 27.0 Å². The molecule has 1 fully saturated rings. The summed E-state index contributed by atoms with van der Waals surface area (Å²) in [6.07, 6.45) is 5.37. The van der Waals surface area contributed by atoms with Gasteiger partial charge in [0.25, 0.3) is 5.91 Å². The van der Waals surface area contributed by atoms with E-state index >= 15 is 0 Å². The topological polar surface area (TPSA) is 45.2 Å². The Bertz CT molecular complexity index is 700. The Morgan fingerprint density at radius 3 is 2.68 bits per heavy atom. The molecule has 0 bridgehead atoms. The van der Waals surface area contributed by atoms with Crippen LogP contribution < -0.4 is 5.32 Å². The number of likely N-dealkylation sites (tertiary alicyclic amines) is 1. The van der Waals surface area contributed by atoms with Crippen LogP contribution in [0.1, 0.15) is 23.2 Å². The van der Waals surface area contributed by atoms with Gasteiger partial charge in [0.15, 0.2) is 0 Å². The summed E-state index contributed by atoms with van der Waals surface area (Å²) < 4.78 is 0. The van der Waals surface area contributed by atoms with E-state index in [1.54, 1.807) is 36.7 Å². The zero-order valence-electron chi connectivity index (χ0n) is 11.9. The van der Waals surface area contributed by atoms with Crippen LogP contribution in [0.4, 0.5) is 11.4 Å². The van der Waals surface area contributed by atoms with Crippen LogP contribution in [0.5, 0.6) is 0 Å². The number of benzene rings is 1. The maximum atomic E-state index is 12.4. The van der Waals surface area contributed by atoms with Gasteiger partial charge in [0.1, 0.15) is 0 Å². The van der Waals surface area contributed by atoms with Crippen LogP contribution in [-0.2, 0) is 0 Å². The summed E-state index contributed by atoms with van der Waals surface area (Å²) in [6, 6.07) is 6.96. The second-order valence-electron chi connectivity index (χ2n) is 5.21. The molecule has 0 saturated carbocycles. The molecular weight excluding hydrogens is 321 g/mol. The first-order chi connectivity index (χ1) is 10.6. The van der Waals surface area contributed by atoms with Gasteiger partial charge in [-0.2, -0.15) is 0 Å². The van der Waals surface area contributed by atoms with E-state index < -0.39 is 0 Å². The van der Waals surface area contributed by atoms with Crippen LogP contribution in [0.2, 0.25) is 10.0 Å². The number of hydrogen-bond acceptors (Lipinski definition) is 3. The minimum atomic E-state index is 0.0193. The van der Waals surface area contributed by atoms with Crippen molar-refractivity contribution in [3.05, 3.63) is 52.3 Å². The summed E-state index contributed by atoms with van der Waals surface area (Å²) in [5.74, 6) is 0.0193. The minimum Gasteiger partial charge on any atom is -0.353 e. The molecule has 3 rings (SSSR count). The van der Waals surface area contributed by atoms with Crippen molar-refractivity contribution in [3.8, 4) is 0 Å². The molecule has 0 aliphatic carbocycles. The van der Waals surface area contributed by atoms with Crippen LogP contribution in [0, 0.1) is 0 Å². The predicted octanol–water partition coefficient (Wildman–Crippen LogP) is 4.37. The molecule has 2 heterocycles. The highest BCUT2D eigenvalue weighted by Crippen LogP contribution is 2.28. The maximum Gasteiger partial charge on any atom is 0.255 e. The van der Waals surface area contributed by atoms with Crippen LogP contribution in [0.3, 0.4) is 0 Å². The molecule has 1 amide bonds. The molecule has 1 saturated heterocycles. The smallest absolute Gasteiger partial charge is 0.255 e. The van der Waals surface area contributed by atoms with Gasteiger partial charge in [-0.3, -0.25) is 9.78 Å². The lowest BCUT2D eigenvalue weighted by molar-refractivity contribution is 0.0792. The fourth-order valence-electron chi connectivity index (χ4n) is 2.48. The van der Waals surface area contributed by atoms with Gasteiger partial charge in [-0.15, -0.1) is 0 Å². The minimum absolute atomic E-state index is 0.0193. The molecule has 0 atom stereocenters. The van der Waals surface area contributed by atoms with Crippen molar-refractivity contribution in [1.82, 2.24) is 9.88 Å². The van der Waals surface area contributed by atoms with Gasteiger partial charge < -0.3 is 10.2 Å². The predicted molar refractivity (Wildman–Crippen MR) is 89.1 cm³/mol. The summed E-state index contributed by atoms with van der Waals surface area (Å²) >= 11 is 12.1. The van der Waals surface area contributed by atoms with Gasteiger partial charge >= 0.3 is 0 Å². The van der Waals surface area contributed by atoms with E-state index in [9.17, 15) is 4.79 Å². The van der Waals surface area contributed by atoms with E-state index in [0.717, 1.165) is 25.9 Å². The first-order valence-electron chi connectivity index (χ1n) is 7.10. The monoisotopic (exact) mass is 335 g/mol. The first kappa shape index (κ1) is 15.1. The van der Waals surface area contributed by atoms with Gasteiger partial charge in [0.05, 0.1) is 28.2 Å². The van der Waals surface area contributed by atoms with Crippen molar-refractivity contribution in [2.75, 3.05) is 18.4 Å². The van der Waals surface area contributed by atoms with Crippen LogP contribution in [-0.4, -0.2) is 28.9 Å². The quantitative estimate of drug-likeness (QED) is 0.905. The van der Waals surface area contributed by atoms with Crippen LogP contribution >= 0.6 is 23.2 Å². The number of carbonyl (C=O) groups excluding carboxylic acids is 1. The summed E-state index contributed by atoms with van der Waals surface area (Å²) in [5.41, 5.74) is 1.96. The van der Waals surface area contributed by atoms with Gasteiger partial charge in [-0.25, -0.2) is 0 Å². The molecule has 1 aliphatic rings. The molecule has 1 N–H and O–H groups in total. The fourth-order valence-corrected chi connectivity index (χ4v) is 2.81. The number of nitrogens with zero attached hydrogens (tertiary/aromatic N) is 2. The lowest BCUT2D eigenvalue weighted by Gasteiger charge is -2.16. The second kappa shape index (κ2) is 6.55. The number of hydrogen-bond donors (Lipinski definition) is 1. The zero-order chi connectivity index (χ0) is 15.5. The average molecular weight is 336 g/mol. The molecular formula is C16H15Cl2N3O. The van der Waals surface area contributed by atoms with Gasteiger partial charge in [-0.05, 0) is 37.1 Å². The Balaban J connectivity index is 1.81. The Morgan fingerprint density at radius 1 is 1.14 bits per heavy atom. The van der Waals surface area contributed by atoms with E-state index in [1.165, 1.54) is 0 Å². The van der Waals surface area contributed by atoms with E-state index in [4.69, 9.17) is 23.2 Å². The maximum absolute atomic E-state index is 12.4. The number of halogens is 2. The number of nitrogens with one attached hydrogen (secondary N) is 1. The molecule has 1 aliphatic heterocycles. The lowest BCUT2D eigenvalue weighted by atomic mass is 10.2. The van der Waals surface area contributed by atoms with Crippen LogP contribution in [0.25, 0.3) is 0 Å². The van der Waals surface area contributed by atoms with Gasteiger partial charge in [-0.1, -0.05) is 23.2 Å².